The van der Waals surface area contributed by atoms with E-state index in [-0.39, 0.29) is 0 Å². The summed E-state index contributed by atoms with van der Waals surface area (Å²) in [5, 5.41) is 3.79. The van der Waals surface area contributed by atoms with Crippen LogP contribution >= 0.6 is 0 Å². The molecule has 0 amide bonds. The van der Waals surface area contributed by atoms with Crippen molar-refractivity contribution in [2.45, 2.75) is 71.3 Å². The van der Waals surface area contributed by atoms with Crippen LogP contribution in [-0.2, 0) is 0 Å². The highest BCUT2D eigenvalue weighted by Gasteiger charge is 2.34. The minimum atomic E-state index is 0.860. The van der Waals surface area contributed by atoms with Crippen LogP contribution in [0.4, 0.5) is 0 Å². The van der Waals surface area contributed by atoms with Crippen molar-refractivity contribution < 1.29 is 0 Å². The number of hydrogen-bond donors (Lipinski definition) is 1. The summed E-state index contributed by atoms with van der Waals surface area (Å²) in [7, 11) is 0. The Bertz CT molecular complexity index is 194. The van der Waals surface area contributed by atoms with Gasteiger partial charge in [0.25, 0.3) is 0 Å². The van der Waals surface area contributed by atoms with Crippen LogP contribution in [0, 0.1) is 17.8 Å². The van der Waals surface area contributed by atoms with Crippen molar-refractivity contribution in [2.24, 2.45) is 17.8 Å². The maximum atomic E-state index is 3.79. The minimum absolute atomic E-state index is 0.860. The Labute approximate surface area is 101 Å². The van der Waals surface area contributed by atoms with Crippen molar-refractivity contribution in [3.63, 3.8) is 0 Å². The minimum Gasteiger partial charge on any atom is -0.314 e. The second-order valence-corrected chi connectivity index (χ2v) is 6.18. The van der Waals surface area contributed by atoms with E-state index in [0.717, 1.165) is 23.8 Å². The van der Waals surface area contributed by atoms with Crippen LogP contribution in [0.5, 0.6) is 0 Å². The molecule has 1 nitrogen and oxygen atoms in total. The van der Waals surface area contributed by atoms with E-state index in [1.54, 1.807) is 0 Å². The van der Waals surface area contributed by atoms with Gasteiger partial charge < -0.3 is 5.32 Å². The molecule has 2 atom stereocenters. The Morgan fingerprint density at radius 1 is 1.00 bits per heavy atom. The first kappa shape index (κ1) is 12.4. The molecule has 94 valence electrons. The van der Waals surface area contributed by atoms with E-state index in [2.05, 4.69) is 19.2 Å². The van der Waals surface area contributed by atoms with Gasteiger partial charge in [0, 0.05) is 6.04 Å². The van der Waals surface area contributed by atoms with Gasteiger partial charge in [0.05, 0.1) is 0 Å². The van der Waals surface area contributed by atoms with Crippen LogP contribution in [0.1, 0.15) is 65.2 Å². The Kier molecular flexibility index (Phi) is 4.69. The Hall–Kier alpha value is -0.0400. The Morgan fingerprint density at radius 2 is 1.75 bits per heavy atom. The first-order valence-electron chi connectivity index (χ1n) is 7.54. The summed E-state index contributed by atoms with van der Waals surface area (Å²) in [6, 6.07) is 0.860. The van der Waals surface area contributed by atoms with Gasteiger partial charge in [-0.2, -0.15) is 0 Å². The molecule has 0 aromatic carbocycles. The van der Waals surface area contributed by atoms with Crippen LogP contribution in [0.3, 0.4) is 0 Å². The van der Waals surface area contributed by atoms with E-state index in [1.807, 2.05) is 0 Å². The molecule has 1 N–H and O–H groups in total. The lowest BCUT2D eigenvalue weighted by Gasteiger charge is -2.34. The molecule has 16 heavy (non-hydrogen) atoms. The molecule has 1 heteroatoms. The molecule has 2 rings (SSSR count). The SMILES string of the molecule is CCCNC1CCCC1C1CCC(C)CC1. The third kappa shape index (κ3) is 3.00. The first-order chi connectivity index (χ1) is 7.81. The standard InChI is InChI=1S/C15H29N/c1-3-11-16-15-6-4-5-14(15)13-9-7-12(2)8-10-13/h12-16H,3-11H2,1-2H3. The molecule has 0 aliphatic heterocycles. The molecular weight excluding hydrogens is 194 g/mol. The molecule has 0 heterocycles. The largest absolute Gasteiger partial charge is 0.314 e. The van der Waals surface area contributed by atoms with E-state index in [9.17, 15) is 0 Å². The van der Waals surface area contributed by atoms with Crippen LogP contribution in [0.2, 0.25) is 0 Å². The van der Waals surface area contributed by atoms with Gasteiger partial charge in [0.2, 0.25) is 0 Å². The second kappa shape index (κ2) is 6.05. The van der Waals surface area contributed by atoms with E-state index in [4.69, 9.17) is 0 Å². The predicted octanol–water partition coefficient (Wildman–Crippen LogP) is 3.98. The molecule has 0 saturated heterocycles. The van der Waals surface area contributed by atoms with Crippen molar-refractivity contribution in [1.82, 2.24) is 5.32 Å². The topological polar surface area (TPSA) is 12.0 Å². The highest BCUT2D eigenvalue weighted by molar-refractivity contribution is 4.89. The van der Waals surface area contributed by atoms with Gasteiger partial charge in [-0.05, 0) is 56.4 Å². The Balaban J connectivity index is 1.82. The molecule has 0 radical (unpaired) electrons. The fourth-order valence-electron chi connectivity index (χ4n) is 3.85. The van der Waals surface area contributed by atoms with E-state index in [0.29, 0.717) is 0 Å². The van der Waals surface area contributed by atoms with E-state index < -0.39 is 0 Å². The maximum Gasteiger partial charge on any atom is 0.00979 e. The molecule has 2 fully saturated rings. The summed E-state index contributed by atoms with van der Waals surface area (Å²) in [5.74, 6) is 3.06. The summed E-state index contributed by atoms with van der Waals surface area (Å²) in [5.41, 5.74) is 0. The number of nitrogens with one attached hydrogen (secondary N) is 1. The molecule has 2 aliphatic rings. The summed E-state index contributed by atoms with van der Waals surface area (Å²) >= 11 is 0. The molecule has 2 unspecified atom stereocenters. The fraction of sp³-hybridized carbons (Fsp3) is 1.00. The van der Waals surface area contributed by atoms with Crippen molar-refractivity contribution in [1.29, 1.82) is 0 Å². The van der Waals surface area contributed by atoms with Crippen LogP contribution < -0.4 is 5.32 Å². The number of hydrogen-bond acceptors (Lipinski definition) is 1. The average molecular weight is 223 g/mol. The van der Waals surface area contributed by atoms with E-state index in [1.165, 1.54) is 57.9 Å². The molecule has 0 spiro atoms. The lowest BCUT2D eigenvalue weighted by atomic mass is 9.74. The molecular formula is C15H29N. The molecule has 2 saturated carbocycles. The second-order valence-electron chi connectivity index (χ2n) is 6.18. The summed E-state index contributed by atoms with van der Waals surface area (Å²) in [6.45, 7) is 5.93. The van der Waals surface area contributed by atoms with Crippen LogP contribution in [-0.4, -0.2) is 12.6 Å². The molecule has 0 bridgehead atoms. The molecule has 2 aliphatic carbocycles. The van der Waals surface area contributed by atoms with Gasteiger partial charge in [0.15, 0.2) is 0 Å². The summed E-state index contributed by atoms with van der Waals surface area (Å²) in [6.07, 6.45) is 11.7. The smallest absolute Gasteiger partial charge is 0.00979 e. The van der Waals surface area contributed by atoms with Gasteiger partial charge in [0.1, 0.15) is 0 Å². The zero-order valence-electron chi connectivity index (χ0n) is 11.2. The predicted molar refractivity (Wildman–Crippen MR) is 70.5 cm³/mol. The highest BCUT2D eigenvalue weighted by atomic mass is 14.9. The van der Waals surface area contributed by atoms with Crippen LogP contribution in [0.25, 0.3) is 0 Å². The third-order valence-corrected chi connectivity index (χ3v) is 4.89. The maximum absolute atomic E-state index is 3.79. The Morgan fingerprint density at radius 3 is 2.44 bits per heavy atom. The molecule has 0 aromatic rings. The third-order valence-electron chi connectivity index (χ3n) is 4.89. The van der Waals surface area contributed by atoms with Gasteiger partial charge in [-0.15, -0.1) is 0 Å². The van der Waals surface area contributed by atoms with Gasteiger partial charge >= 0.3 is 0 Å². The van der Waals surface area contributed by atoms with Crippen LogP contribution in [0.15, 0.2) is 0 Å². The fourth-order valence-corrected chi connectivity index (χ4v) is 3.85. The van der Waals surface area contributed by atoms with E-state index >= 15 is 0 Å². The normalized spacial score (nSPS) is 40.1. The van der Waals surface area contributed by atoms with Crippen molar-refractivity contribution in [2.75, 3.05) is 6.54 Å². The lowest BCUT2D eigenvalue weighted by molar-refractivity contribution is 0.189. The average Bonchev–Trinajstić information content (AvgIpc) is 2.75. The van der Waals surface area contributed by atoms with Crippen molar-refractivity contribution >= 4 is 0 Å². The van der Waals surface area contributed by atoms with Gasteiger partial charge in [-0.3, -0.25) is 0 Å². The highest BCUT2D eigenvalue weighted by Crippen LogP contribution is 2.40. The zero-order valence-corrected chi connectivity index (χ0v) is 11.2. The lowest BCUT2D eigenvalue weighted by Crippen LogP contribution is -2.37. The van der Waals surface area contributed by atoms with Gasteiger partial charge in [-0.1, -0.05) is 33.1 Å². The first-order valence-corrected chi connectivity index (χ1v) is 7.54. The number of rotatable bonds is 4. The summed E-state index contributed by atoms with van der Waals surface area (Å²) < 4.78 is 0. The molecule has 0 aromatic heterocycles. The van der Waals surface area contributed by atoms with Gasteiger partial charge in [-0.25, -0.2) is 0 Å². The summed E-state index contributed by atoms with van der Waals surface area (Å²) in [4.78, 5) is 0. The zero-order chi connectivity index (χ0) is 11.4. The van der Waals surface area contributed by atoms with Crippen molar-refractivity contribution in [3.8, 4) is 0 Å². The van der Waals surface area contributed by atoms with Crippen molar-refractivity contribution in [3.05, 3.63) is 0 Å². The quantitative estimate of drug-likeness (QED) is 0.760. The monoisotopic (exact) mass is 223 g/mol.